The Kier molecular flexibility index (Phi) is 11.2. The molecule has 1 aliphatic carbocycles. The standard InChI is InChI=1S/C36H37BrClN3O4S/c1-26-16-21-30(38)23-33(26)41(46(44,45)32-14-6-3-7-15-32)25-35(42)40(24-28-17-19-29(37)20-18-28)34(22-27-10-4-2-5-11-27)36(43)39-31-12-8-9-13-31/h2-7,10-11,14-21,23,31,34H,8-9,12-13,22,24-25H2,1H3,(H,39,43). The molecular formula is C36H37BrClN3O4S. The normalized spacial score (nSPS) is 14.1. The molecule has 4 aromatic rings. The van der Waals surface area contributed by atoms with Crippen molar-refractivity contribution >= 4 is 55.1 Å². The molecule has 240 valence electrons. The van der Waals surface area contributed by atoms with E-state index in [0.29, 0.717) is 16.3 Å². The molecule has 46 heavy (non-hydrogen) atoms. The summed E-state index contributed by atoms with van der Waals surface area (Å²) < 4.78 is 30.4. The first kappa shape index (κ1) is 33.7. The van der Waals surface area contributed by atoms with Crippen LogP contribution >= 0.6 is 27.5 Å². The van der Waals surface area contributed by atoms with Crippen LogP contribution < -0.4 is 9.62 Å². The second kappa shape index (κ2) is 15.3. The average Bonchev–Trinajstić information content (AvgIpc) is 3.57. The van der Waals surface area contributed by atoms with Crippen molar-refractivity contribution in [2.45, 2.75) is 62.6 Å². The highest BCUT2D eigenvalue weighted by atomic mass is 79.9. The van der Waals surface area contributed by atoms with Gasteiger partial charge < -0.3 is 10.2 Å². The summed E-state index contributed by atoms with van der Waals surface area (Å²) in [5.41, 5.74) is 2.63. The smallest absolute Gasteiger partial charge is 0.264 e. The minimum absolute atomic E-state index is 0.0412. The molecule has 0 heterocycles. The van der Waals surface area contributed by atoms with E-state index < -0.39 is 28.5 Å². The fraction of sp³-hybridized carbons (Fsp3) is 0.278. The van der Waals surface area contributed by atoms with Gasteiger partial charge in [0.2, 0.25) is 11.8 Å². The molecule has 0 radical (unpaired) electrons. The van der Waals surface area contributed by atoms with Gasteiger partial charge in [0.15, 0.2) is 0 Å². The number of carbonyl (C=O) groups is 2. The molecule has 0 spiro atoms. The van der Waals surface area contributed by atoms with Gasteiger partial charge in [0.05, 0.1) is 10.6 Å². The number of benzene rings is 4. The summed E-state index contributed by atoms with van der Waals surface area (Å²) in [6.07, 6.45) is 4.13. The van der Waals surface area contributed by atoms with Crippen molar-refractivity contribution in [2.75, 3.05) is 10.8 Å². The average molecular weight is 723 g/mol. The number of hydrogen-bond donors (Lipinski definition) is 1. The van der Waals surface area contributed by atoms with Crippen molar-refractivity contribution in [3.05, 3.63) is 129 Å². The second-order valence-electron chi connectivity index (χ2n) is 11.6. The zero-order valence-electron chi connectivity index (χ0n) is 25.6. The Labute approximate surface area is 284 Å². The molecule has 10 heteroatoms. The van der Waals surface area contributed by atoms with Gasteiger partial charge >= 0.3 is 0 Å². The summed E-state index contributed by atoms with van der Waals surface area (Å²) >= 11 is 9.84. The molecule has 1 unspecified atom stereocenters. The molecule has 2 amide bonds. The summed E-state index contributed by atoms with van der Waals surface area (Å²) in [4.78, 5) is 30.3. The molecule has 1 aliphatic rings. The molecule has 0 aromatic heterocycles. The maximum atomic E-state index is 14.6. The predicted octanol–water partition coefficient (Wildman–Crippen LogP) is 7.31. The number of rotatable bonds is 12. The van der Waals surface area contributed by atoms with Crippen LogP contribution in [0.1, 0.15) is 42.4 Å². The largest absolute Gasteiger partial charge is 0.352 e. The molecule has 1 saturated carbocycles. The minimum Gasteiger partial charge on any atom is -0.352 e. The summed E-state index contributed by atoms with van der Waals surface area (Å²) in [6, 6.07) is 29.2. The van der Waals surface area contributed by atoms with E-state index in [-0.39, 0.29) is 29.8 Å². The van der Waals surface area contributed by atoms with Crippen LogP contribution in [0.25, 0.3) is 0 Å². The highest BCUT2D eigenvalue weighted by Crippen LogP contribution is 2.30. The first-order valence-electron chi connectivity index (χ1n) is 15.3. The van der Waals surface area contributed by atoms with Crippen molar-refractivity contribution in [3.63, 3.8) is 0 Å². The van der Waals surface area contributed by atoms with Gasteiger partial charge in [0, 0.05) is 28.5 Å². The Hall–Kier alpha value is -3.66. The van der Waals surface area contributed by atoms with Crippen LogP contribution in [-0.4, -0.2) is 43.8 Å². The quantitative estimate of drug-likeness (QED) is 0.166. The maximum absolute atomic E-state index is 14.6. The van der Waals surface area contributed by atoms with Gasteiger partial charge in [-0.25, -0.2) is 8.42 Å². The van der Waals surface area contributed by atoms with Crippen LogP contribution in [0.2, 0.25) is 5.02 Å². The summed E-state index contributed by atoms with van der Waals surface area (Å²) in [7, 11) is -4.20. The van der Waals surface area contributed by atoms with E-state index in [1.165, 1.54) is 17.0 Å². The van der Waals surface area contributed by atoms with Gasteiger partial charge in [-0.1, -0.05) is 107 Å². The topological polar surface area (TPSA) is 86.8 Å². The SMILES string of the molecule is Cc1ccc(Cl)cc1N(CC(=O)N(Cc1ccc(Br)cc1)C(Cc1ccccc1)C(=O)NC1CCCC1)S(=O)(=O)c1ccccc1. The first-order chi connectivity index (χ1) is 22.1. The highest BCUT2D eigenvalue weighted by molar-refractivity contribution is 9.10. The van der Waals surface area contributed by atoms with Crippen LogP contribution in [-0.2, 0) is 32.6 Å². The third-order valence-electron chi connectivity index (χ3n) is 8.29. The predicted molar refractivity (Wildman–Crippen MR) is 186 cm³/mol. The van der Waals surface area contributed by atoms with Gasteiger partial charge in [0.1, 0.15) is 12.6 Å². The van der Waals surface area contributed by atoms with Gasteiger partial charge in [-0.15, -0.1) is 0 Å². The monoisotopic (exact) mass is 721 g/mol. The van der Waals surface area contributed by atoms with Crippen molar-refractivity contribution in [3.8, 4) is 0 Å². The minimum atomic E-state index is -4.20. The molecule has 1 N–H and O–H groups in total. The molecular weight excluding hydrogens is 686 g/mol. The summed E-state index contributed by atoms with van der Waals surface area (Å²) in [5.74, 6) is -0.762. The number of halogens is 2. The third-order valence-corrected chi connectivity index (χ3v) is 10.8. The Morgan fingerprint density at radius 1 is 0.891 bits per heavy atom. The van der Waals surface area contributed by atoms with Gasteiger partial charge in [-0.3, -0.25) is 13.9 Å². The number of anilines is 1. The first-order valence-corrected chi connectivity index (χ1v) is 17.9. The molecule has 4 aromatic carbocycles. The third kappa shape index (κ3) is 8.37. The zero-order chi connectivity index (χ0) is 32.7. The van der Waals surface area contributed by atoms with Gasteiger partial charge in [-0.05, 0) is 72.9 Å². The second-order valence-corrected chi connectivity index (χ2v) is 14.8. The number of sulfonamides is 1. The lowest BCUT2D eigenvalue weighted by atomic mass is 10.0. The lowest BCUT2D eigenvalue weighted by Gasteiger charge is -2.34. The van der Waals surface area contributed by atoms with Crippen molar-refractivity contribution in [1.82, 2.24) is 10.2 Å². The molecule has 7 nitrogen and oxygen atoms in total. The Morgan fingerprint density at radius 2 is 1.52 bits per heavy atom. The maximum Gasteiger partial charge on any atom is 0.264 e. The van der Waals surface area contributed by atoms with Crippen LogP contribution in [0, 0.1) is 6.92 Å². The molecule has 1 atom stereocenters. The Morgan fingerprint density at radius 3 is 2.17 bits per heavy atom. The number of aryl methyl sites for hydroxylation is 1. The lowest BCUT2D eigenvalue weighted by molar-refractivity contribution is -0.140. The summed E-state index contributed by atoms with van der Waals surface area (Å²) in [6.45, 7) is 1.35. The van der Waals surface area contributed by atoms with Crippen LogP contribution in [0.5, 0.6) is 0 Å². The van der Waals surface area contributed by atoms with Gasteiger partial charge in [-0.2, -0.15) is 0 Å². The zero-order valence-corrected chi connectivity index (χ0v) is 28.8. The molecule has 0 bridgehead atoms. The van der Waals surface area contributed by atoms with E-state index in [2.05, 4.69) is 21.2 Å². The fourth-order valence-electron chi connectivity index (χ4n) is 5.79. The van der Waals surface area contributed by atoms with E-state index in [0.717, 1.165) is 45.6 Å². The molecule has 0 saturated heterocycles. The van der Waals surface area contributed by atoms with E-state index in [9.17, 15) is 18.0 Å². The lowest BCUT2D eigenvalue weighted by Crippen LogP contribution is -2.54. The Bertz CT molecular complexity index is 1750. The fourth-order valence-corrected chi connectivity index (χ4v) is 7.71. The number of carbonyl (C=O) groups excluding carboxylic acids is 2. The Balaban J connectivity index is 1.58. The number of nitrogens with zero attached hydrogens (tertiary/aromatic N) is 2. The van der Waals surface area contributed by atoms with Crippen molar-refractivity contribution < 1.29 is 18.0 Å². The van der Waals surface area contributed by atoms with E-state index in [4.69, 9.17) is 11.6 Å². The number of nitrogens with one attached hydrogen (secondary N) is 1. The van der Waals surface area contributed by atoms with Crippen LogP contribution in [0.4, 0.5) is 5.69 Å². The van der Waals surface area contributed by atoms with E-state index in [1.54, 1.807) is 43.3 Å². The summed E-state index contributed by atoms with van der Waals surface area (Å²) in [5, 5.41) is 3.54. The van der Waals surface area contributed by atoms with Crippen LogP contribution in [0.3, 0.4) is 0 Å². The van der Waals surface area contributed by atoms with Gasteiger partial charge in [0.25, 0.3) is 10.0 Å². The number of amides is 2. The van der Waals surface area contributed by atoms with E-state index in [1.807, 2.05) is 54.6 Å². The van der Waals surface area contributed by atoms with E-state index >= 15 is 0 Å². The molecule has 0 aliphatic heterocycles. The van der Waals surface area contributed by atoms with Crippen molar-refractivity contribution in [2.24, 2.45) is 0 Å². The van der Waals surface area contributed by atoms with Crippen LogP contribution in [0.15, 0.2) is 112 Å². The molecule has 5 rings (SSSR count). The highest BCUT2D eigenvalue weighted by Gasteiger charge is 2.36. The van der Waals surface area contributed by atoms with Crippen molar-refractivity contribution in [1.29, 1.82) is 0 Å². The number of hydrogen-bond acceptors (Lipinski definition) is 4. The molecule has 1 fully saturated rings.